The van der Waals surface area contributed by atoms with Crippen molar-refractivity contribution in [2.75, 3.05) is 32.4 Å². The Kier molecular flexibility index (Phi) is 5.82. The van der Waals surface area contributed by atoms with Gasteiger partial charge in [0, 0.05) is 26.2 Å². The van der Waals surface area contributed by atoms with Crippen LogP contribution in [-0.2, 0) is 10.0 Å². The topological polar surface area (TPSA) is 78.5 Å². The molecule has 0 aromatic heterocycles. The monoisotopic (exact) mass is 305 g/mol. The van der Waals surface area contributed by atoms with Crippen molar-refractivity contribution < 1.29 is 13.2 Å². The van der Waals surface area contributed by atoms with Crippen molar-refractivity contribution >= 4 is 16.1 Å². The molecule has 6 nitrogen and oxygen atoms in total. The number of carbonyl (C=O) groups is 1. The molecule has 1 rings (SSSR count). The van der Waals surface area contributed by atoms with E-state index in [2.05, 4.69) is 31.4 Å². The van der Waals surface area contributed by atoms with Crippen LogP contribution in [0, 0.1) is 11.3 Å². The summed E-state index contributed by atoms with van der Waals surface area (Å²) < 4.78 is 24.3. The molecule has 1 aliphatic heterocycles. The van der Waals surface area contributed by atoms with E-state index in [4.69, 9.17) is 0 Å². The lowest BCUT2D eigenvalue weighted by molar-refractivity contribution is 0.226. The smallest absolute Gasteiger partial charge is 0.314 e. The number of piperidine rings is 1. The van der Waals surface area contributed by atoms with Crippen molar-refractivity contribution in [3.63, 3.8) is 0 Å². The van der Waals surface area contributed by atoms with Gasteiger partial charge in [0.05, 0.1) is 6.26 Å². The van der Waals surface area contributed by atoms with E-state index in [0.717, 1.165) is 12.8 Å². The third-order valence-corrected chi connectivity index (χ3v) is 4.68. The van der Waals surface area contributed by atoms with Gasteiger partial charge in [-0.25, -0.2) is 17.5 Å². The number of carbonyl (C=O) groups excluding carboxylic acids is 1. The summed E-state index contributed by atoms with van der Waals surface area (Å²) in [5.74, 6) is 0.355. The number of nitrogens with zero attached hydrogens (tertiary/aromatic N) is 1. The molecular formula is C13H27N3O3S. The molecule has 0 saturated carbocycles. The molecule has 0 spiro atoms. The molecule has 0 bridgehead atoms. The van der Waals surface area contributed by atoms with Crippen molar-refractivity contribution in [3.8, 4) is 0 Å². The Morgan fingerprint density at radius 1 is 1.20 bits per heavy atom. The molecule has 2 amide bonds. The summed E-state index contributed by atoms with van der Waals surface area (Å²) in [5, 5.41) is 5.70. The quantitative estimate of drug-likeness (QED) is 0.813. The molecular weight excluding hydrogens is 278 g/mol. The van der Waals surface area contributed by atoms with E-state index in [0.29, 0.717) is 32.1 Å². The van der Waals surface area contributed by atoms with Gasteiger partial charge < -0.3 is 10.6 Å². The molecule has 1 fully saturated rings. The van der Waals surface area contributed by atoms with Crippen LogP contribution in [0.2, 0.25) is 0 Å². The van der Waals surface area contributed by atoms with Gasteiger partial charge in [-0.15, -0.1) is 0 Å². The van der Waals surface area contributed by atoms with E-state index < -0.39 is 10.0 Å². The molecule has 1 aliphatic rings. The largest absolute Gasteiger partial charge is 0.338 e. The van der Waals surface area contributed by atoms with Crippen molar-refractivity contribution in [2.45, 2.75) is 33.6 Å². The minimum atomic E-state index is -3.07. The predicted octanol–water partition coefficient (Wildman–Crippen LogP) is 1.00. The molecule has 20 heavy (non-hydrogen) atoms. The molecule has 2 N–H and O–H groups in total. The molecule has 0 radical (unpaired) electrons. The average molecular weight is 305 g/mol. The van der Waals surface area contributed by atoms with Crippen molar-refractivity contribution in [1.29, 1.82) is 0 Å². The SMILES string of the molecule is CC(C)(C)CNC(=O)NCC1CCN(S(C)(=O)=O)CC1. The summed E-state index contributed by atoms with van der Waals surface area (Å²) in [6.07, 6.45) is 2.84. The number of rotatable bonds is 4. The number of urea groups is 1. The van der Waals surface area contributed by atoms with Gasteiger partial charge in [-0.1, -0.05) is 20.8 Å². The van der Waals surface area contributed by atoms with Gasteiger partial charge in [0.1, 0.15) is 0 Å². The average Bonchev–Trinajstić information content (AvgIpc) is 2.32. The van der Waals surface area contributed by atoms with E-state index in [1.165, 1.54) is 10.6 Å². The fraction of sp³-hybridized carbons (Fsp3) is 0.923. The van der Waals surface area contributed by atoms with Crippen molar-refractivity contribution in [2.24, 2.45) is 11.3 Å². The summed E-state index contributed by atoms with van der Waals surface area (Å²) in [6.45, 7) is 8.53. The van der Waals surface area contributed by atoms with Crippen molar-refractivity contribution in [1.82, 2.24) is 14.9 Å². The molecule has 118 valence electrons. The molecule has 0 aromatic carbocycles. The molecule has 0 unspecified atom stereocenters. The van der Waals surface area contributed by atoms with Gasteiger partial charge in [-0.3, -0.25) is 0 Å². The third-order valence-electron chi connectivity index (χ3n) is 3.37. The van der Waals surface area contributed by atoms with Crippen LogP contribution in [0.1, 0.15) is 33.6 Å². The molecule has 1 heterocycles. The van der Waals surface area contributed by atoms with Gasteiger partial charge in [-0.05, 0) is 24.2 Å². The predicted molar refractivity (Wildman–Crippen MR) is 80.0 cm³/mol. The Morgan fingerprint density at radius 2 is 1.75 bits per heavy atom. The first kappa shape index (κ1) is 17.2. The zero-order valence-corrected chi connectivity index (χ0v) is 13.7. The highest BCUT2D eigenvalue weighted by atomic mass is 32.2. The number of hydrogen-bond donors (Lipinski definition) is 2. The lowest BCUT2D eigenvalue weighted by Crippen LogP contribution is -2.44. The Labute approximate surface area is 122 Å². The standard InChI is InChI=1S/C13H27N3O3S/c1-13(2,3)10-15-12(17)14-9-11-5-7-16(8-6-11)20(4,18)19/h11H,5-10H2,1-4H3,(H2,14,15,17). The summed E-state index contributed by atoms with van der Waals surface area (Å²) in [4.78, 5) is 11.6. The maximum atomic E-state index is 11.6. The summed E-state index contributed by atoms with van der Waals surface area (Å²) >= 11 is 0. The lowest BCUT2D eigenvalue weighted by atomic mass is 9.97. The number of amides is 2. The number of sulfonamides is 1. The fourth-order valence-electron chi connectivity index (χ4n) is 2.09. The fourth-order valence-corrected chi connectivity index (χ4v) is 2.96. The maximum absolute atomic E-state index is 11.6. The van der Waals surface area contributed by atoms with Crippen molar-refractivity contribution in [3.05, 3.63) is 0 Å². The second-order valence-corrected chi connectivity index (χ2v) is 8.71. The van der Waals surface area contributed by atoms with Gasteiger partial charge in [0.15, 0.2) is 0 Å². The van der Waals surface area contributed by atoms with E-state index in [-0.39, 0.29) is 11.4 Å². The highest BCUT2D eigenvalue weighted by Crippen LogP contribution is 2.18. The molecule has 0 aliphatic carbocycles. The minimum Gasteiger partial charge on any atom is -0.338 e. The summed E-state index contributed by atoms with van der Waals surface area (Å²) in [5.41, 5.74) is 0.0676. The zero-order valence-electron chi connectivity index (χ0n) is 12.9. The van der Waals surface area contributed by atoms with Crippen LogP contribution in [0.5, 0.6) is 0 Å². The summed E-state index contributed by atoms with van der Waals surface area (Å²) in [7, 11) is -3.07. The van der Waals surface area contributed by atoms with Crippen LogP contribution in [0.15, 0.2) is 0 Å². The van der Waals surface area contributed by atoms with E-state index in [1.807, 2.05) is 0 Å². The van der Waals surface area contributed by atoms with Crippen LogP contribution in [-0.4, -0.2) is 51.2 Å². The van der Waals surface area contributed by atoms with Crippen LogP contribution < -0.4 is 10.6 Å². The number of nitrogens with one attached hydrogen (secondary N) is 2. The Hall–Kier alpha value is -0.820. The normalized spacial score (nSPS) is 18.8. The first-order valence-electron chi connectivity index (χ1n) is 7.05. The summed E-state index contributed by atoms with van der Waals surface area (Å²) in [6, 6.07) is -0.148. The first-order valence-corrected chi connectivity index (χ1v) is 8.89. The van der Waals surface area contributed by atoms with Gasteiger partial charge >= 0.3 is 6.03 Å². The Morgan fingerprint density at radius 3 is 2.20 bits per heavy atom. The van der Waals surface area contributed by atoms with Gasteiger partial charge in [0.2, 0.25) is 10.0 Å². The molecule has 0 atom stereocenters. The molecule has 1 saturated heterocycles. The second-order valence-electron chi connectivity index (χ2n) is 6.73. The third kappa shape index (κ3) is 6.56. The maximum Gasteiger partial charge on any atom is 0.314 e. The lowest BCUT2D eigenvalue weighted by Gasteiger charge is -2.30. The Balaban J connectivity index is 2.23. The Bertz CT molecular complexity index is 421. The van der Waals surface area contributed by atoms with E-state index in [9.17, 15) is 13.2 Å². The van der Waals surface area contributed by atoms with Gasteiger partial charge in [0.25, 0.3) is 0 Å². The second kappa shape index (κ2) is 6.76. The molecule has 0 aromatic rings. The highest BCUT2D eigenvalue weighted by Gasteiger charge is 2.25. The van der Waals surface area contributed by atoms with Gasteiger partial charge in [-0.2, -0.15) is 0 Å². The van der Waals surface area contributed by atoms with E-state index in [1.54, 1.807) is 0 Å². The van der Waals surface area contributed by atoms with Crippen LogP contribution in [0.25, 0.3) is 0 Å². The highest BCUT2D eigenvalue weighted by molar-refractivity contribution is 7.88. The molecule has 7 heteroatoms. The van der Waals surface area contributed by atoms with Crippen LogP contribution >= 0.6 is 0 Å². The minimum absolute atomic E-state index is 0.0676. The number of hydrogen-bond acceptors (Lipinski definition) is 3. The zero-order chi connectivity index (χ0) is 15.4. The first-order chi connectivity index (χ1) is 9.08. The van der Waals surface area contributed by atoms with Crippen LogP contribution in [0.3, 0.4) is 0 Å². The van der Waals surface area contributed by atoms with E-state index >= 15 is 0 Å². The van der Waals surface area contributed by atoms with Crippen LogP contribution in [0.4, 0.5) is 4.79 Å².